The van der Waals surface area contributed by atoms with Crippen LogP contribution in [0.1, 0.15) is 240 Å². The highest BCUT2D eigenvalue weighted by atomic mass is 16.6. The van der Waals surface area contributed by atoms with Crippen LogP contribution >= 0.6 is 0 Å². The fourth-order valence-electron chi connectivity index (χ4n) is 10.1. The Bertz CT molecular complexity index is 1260. The van der Waals surface area contributed by atoms with Crippen LogP contribution in [0.2, 0.25) is 0 Å². The molecule has 6 nitrogen and oxygen atoms in total. The number of unbranched alkanes of at least 4 members (excludes halogenated alkanes) is 10. The third-order valence-corrected chi connectivity index (χ3v) is 12.5. The summed E-state index contributed by atoms with van der Waals surface area (Å²) in [6, 6.07) is 0. The molecule has 0 aromatic carbocycles. The Kier molecular flexibility index (Phi) is 28.3. The maximum absolute atomic E-state index is 13.7. The number of carbonyl (C=O) groups is 2. The molecule has 0 fully saturated rings. The summed E-state index contributed by atoms with van der Waals surface area (Å²) >= 11 is 0. The zero-order valence-electron chi connectivity index (χ0n) is 45.1. The first-order valence-corrected chi connectivity index (χ1v) is 25.6. The average Bonchev–Trinajstić information content (AvgIpc) is 3.09. The summed E-state index contributed by atoms with van der Waals surface area (Å²) in [7, 11) is 2.21. The minimum absolute atomic E-state index is 0.163. The molecule has 0 saturated carbocycles. The van der Waals surface area contributed by atoms with Crippen LogP contribution in [0.25, 0.3) is 0 Å². The molecule has 62 heavy (non-hydrogen) atoms. The highest BCUT2D eigenvalue weighted by Gasteiger charge is 2.45. The maximum Gasteiger partial charge on any atom is 0.306 e. The zero-order valence-corrected chi connectivity index (χ0v) is 45.1. The van der Waals surface area contributed by atoms with E-state index in [1.54, 1.807) is 0 Å². The number of rotatable bonds is 34. The quantitative estimate of drug-likeness (QED) is 0.0365. The van der Waals surface area contributed by atoms with Crippen LogP contribution < -0.4 is 0 Å². The molecule has 366 valence electrons. The molecule has 0 spiro atoms. The molecule has 2 atom stereocenters. The van der Waals surface area contributed by atoms with Crippen LogP contribution in [0, 0.1) is 33.0 Å². The lowest BCUT2D eigenvalue weighted by Crippen LogP contribution is -2.53. The zero-order chi connectivity index (χ0) is 47.8. The summed E-state index contributed by atoms with van der Waals surface area (Å²) in [6.07, 6.45) is 26.0. The monoisotopic (exact) mass is 873 g/mol. The number of hydrogen-bond acceptors (Lipinski definition) is 6. The first-order valence-electron chi connectivity index (χ1n) is 25.6. The van der Waals surface area contributed by atoms with Gasteiger partial charge >= 0.3 is 11.9 Å². The minimum atomic E-state index is -0.535. The number of likely N-dealkylation sites (N-methyl/N-ethyl adjacent to an activating group) is 2. The fraction of sp³-hybridized carbons (Fsp3) is 0.893. The Morgan fingerprint density at radius 3 is 1.35 bits per heavy atom. The van der Waals surface area contributed by atoms with Gasteiger partial charge in [0.15, 0.2) is 0 Å². The van der Waals surface area contributed by atoms with Crippen LogP contribution in [0.3, 0.4) is 0 Å². The summed E-state index contributed by atoms with van der Waals surface area (Å²) in [5.74, 6) is -0.0565. The number of esters is 2. The van der Waals surface area contributed by atoms with Crippen LogP contribution in [0.4, 0.5) is 0 Å². The second-order valence-corrected chi connectivity index (χ2v) is 24.9. The van der Waals surface area contributed by atoms with Crippen LogP contribution in [0.5, 0.6) is 0 Å². The normalized spacial score (nSPS) is 14.8. The van der Waals surface area contributed by atoms with Crippen molar-refractivity contribution in [2.45, 2.75) is 258 Å². The van der Waals surface area contributed by atoms with Gasteiger partial charge in [0.2, 0.25) is 0 Å². The third-order valence-electron chi connectivity index (χ3n) is 12.5. The van der Waals surface area contributed by atoms with Gasteiger partial charge in [-0.3, -0.25) is 14.5 Å². The van der Waals surface area contributed by atoms with Crippen molar-refractivity contribution in [3.63, 3.8) is 0 Å². The van der Waals surface area contributed by atoms with E-state index in [0.717, 1.165) is 84.0 Å². The Morgan fingerprint density at radius 2 is 0.952 bits per heavy atom. The number of nitrogens with zero attached hydrogens (tertiary/aromatic N) is 2. The van der Waals surface area contributed by atoms with Crippen LogP contribution in [-0.4, -0.2) is 72.7 Å². The molecule has 0 aromatic rings. The molecule has 0 saturated heterocycles. The van der Waals surface area contributed by atoms with Gasteiger partial charge in [0.1, 0.15) is 12.2 Å². The van der Waals surface area contributed by atoms with E-state index < -0.39 is 17.6 Å². The van der Waals surface area contributed by atoms with E-state index in [1.807, 2.05) is 0 Å². The average molecular weight is 873 g/mol. The van der Waals surface area contributed by atoms with Gasteiger partial charge in [-0.15, -0.1) is 0 Å². The lowest BCUT2D eigenvalue weighted by Gasteiger charge is -2.46. The highest BCUT2D eigenvalue weighted by molar-refractivity contribution is 5.70. The Labute approximate surface area is 388 Å². The summed E-state index contributed by atoms with van der Waals surface area (Å²) in [5.41, 5.74) is 0.488. The standard InChI is InChI=1S/C56H108N2O4/c1-20-58(21-2)41-40-57(19)56(17,18)45-55(15,16)50(62-49(60)37-33-29-25-23-27-31-35-39-54(13,14)44-52(8,9)10)47(42-46(3)4)61-48(59)36-32-28-24-22-26-30-34-38-53(11,12)43-51(5,6)7/h34-35,38-39,46-47,50H,20-33,36-37,40-45H2,1-19H3/b38-34+,39-35+. The van der Waals surface area contributed by atoms with Crippen LogP contribution in [0.15, 0.2) is 24.3 Å². The van der Waals surface area contributed by atoms with Gasteiger partial charge in [-0.2, -0.15) is 0 Å². The van der Waals surface area contributed by atoms with E-state index in [9.17, 15) is 9.59 Å². The van der Waals surface area contributed by atoms with Gasteiger partial charge in [-0.05, 0) is 126 Å². The molecule has 0 heterocycles. The van der Waals surface area contributed by atoms with E-state index in [0.29, 0.717) is 30.1 Å². The number of allylic oxidation sites excluding steroid dienone is 4. The van der Waals surface area contributed by atoms with Gasteiger partial charge in [-0.25, -0.2) is 0 Å². The molecule has 0 radical (unpaired) electrons. The number of ether oxygens (including phenoxy) is 2. The van der Waals surface area contributed by atoms with Crippen molar-refractivity contribution < 1.29 is 19.1 Å². The van der Waals surface area contributed by atoms with Gasteiger partial charge < -0.3 is 14.4 Å². The summed E-state index contributed by atoms with van der Waals surface area (Å²) in [5, 5.41) is 0. The fourth-order valence-corrected chi connectivity index (χ4v) is 10.1. The molecule has 6 heteroatoms. The predicted octanol–water partition coefficient (Wildman–Crippen LogP) is 15.8. The van der Waals surface area contributed by atoms with Crippen molar-refractivity contribution in [3.8, 4) is 0 Å². The molecule has 0 bridgehead atoms. The topological polar surface area (TPSA) is 59.1 Å². The van der Waals surface area contributed by atoms with Crippen molar-refractivity contribution in [3.05, 3.63) is 24.3 Å². The van der Waals surface area contributed by atoms with E-state index in [1.165, 1.54) is 38.5 Å². The Morgan fingerprint density at radius 1 is 0.548 bits per heavy atom. The van der Waals surface area contributed by atoms with Crippen LogP contribution in [-0.2, 0) is 19.1 Å². The molecular weight excluding hydrogens is 765 g/mol. The first kappa shape index (κ1) is 60.3. The Hall–Kier alpha value is -1.66. The molecule has 2 unspecified atom stereocenters. The molecular formula is C56H108N2O4. The summed E-state index contributed by atoms with van der Waals surface area (Å²) in [6.45, 7) is 45.1. The lowest BCUT2D eigenvalue weighted by atomic mass is 9.72. The molecule has 0 N–H and O–H groups in total. The molecule has 0 rings (SSSR count). The van der Waals surface area contributed by atoms with Gasteiger partial charge in [0.05, 0.1) is 0 Å². The minimum Gasteiger partial charge on any atom is -0.458 e. The van der Waals surface area contributed by atoms with E-state index >= 15 is 0 Å². The largest absolute Gasteiger partial charge is 0.458 e. The predicted molar refractivity (Wildman–Crippen MR) is 271 cm³/mol. The maximum atomic E-state index is 13.7. The van der Waals surface area contributed by atoms with E-state index in [-0.39, 0.29) is 34.2 Å². The van der Waals surface area contributed by atoms with Crippen molar-refractivity contribution in [2.75, 3.05) is 33.2 Å². The van der Waals surface area contributed by atoms with Crippen molar-refractivity contribution in [1.29, 1.82) is 0 Å². The first-order chi connectivity index (χ1) is 28.4. The second-order valence-electron chi connectivity index (χ2n) is 24.9. The summed E-state index contributed by atoms with van der Waals surface area (Å²) in [4.78, 5) is 32.2. The summed E-state index contributed by atoms with van der Waals surface area (Å²) < 4.78 is 12.9. The second kappa shape index (κ2) is 29.1. The van der Waals surface area contributed by atoms with E-state index in [2.05, 4.69) is 166 Å². The van der Waals surface area contributed by atoms with Gasteiger partial charge in [0, 0.05) is 36.9 Å². The smallest absolute Gasteiger partial charge is 0.306 e. The van der Waals surface area contributed by atoms with Crippen molar-refractivity contribution in [1.82, 2.24) is 9.80 Å². The SMILES string of the molecule is CCN(CC)CCN(C)C(C)(C)CC(C)(C)C(OC(=O)CCCCCCC/C=C/C(C)(C)CC(C)(C)C)C(CC(C)C)OC(=O)CCCCCCC/C=C/C(C)(C)CC(C)(C)C. The lowest BCUT2D eigenvalue weighted by molar-refractivity contribution is -0.182. The van der Waals surface area contributed by atoms with Gasteiger partial charge in [-0.1, -0.05) is 174 Å². The van der Waals surface area contributed by atoms with Crippen molar-refractivity contribution >= 4 is 11.9 Å². The Balaban J connectivity index is 5.61. The third kappa shape index (κ3) is 30.5. The molecule has 0 aliphatic rings. The molecule has 0 aliphatic heterocycles. The number of carbonyl (C=O) groups excluding carboxylic acids is 2. The molecule has 0 aliphatic carbocycles. The number of hydrogen-bond donors (Lipinski definition) is 0. The molecule has 0 amide bonds. The van der Waals surface area contributed by atoms with E-state index in [4.69, 9.17) is 9.47 Å². The van der Waals surface area contributed by atoms with Crippen molar-refractivity contribution in [2.24, 2.45) is 33.0 Å². The molecule has 0 aromatic heterocycles. The van der Waals surface area contributed by atoms with Gasteiger partial charge in [0.25, 0.3) is 0 Å². The highest BCUT2D eigenvalue weighted by Crippen LogP contribution is 2.40.